The molecule has 0 aliphatic heterocycles. The van der Waals surface area contributed by atoms with Gasteiger partial charge in [0.25, 0.3) is 0 Å². The molecule has 0 aromatic heterocycles. The third-order valence-corrected chi connectivity index (χ3v) is 2.45. The van der Waals surface area contributed by atoms with Crippen LogP contribution in [0.2, 0.25) is 0 Å². The van der Waals surface area contributed by atoms with Crippen LogP contribution in [0.4, 0.5) is 9.59 Å². The summed E-state index contributed by atoms with van der Waals surface area (Å²) in [7, 11) is 0. The molecule has 0 radical (unpaired) electrons. The molecule has 0 spiro atoms. The van der Waals surface area contributed by atoms with E-state index in [1.165, 1.54) is 0 Å². The van der Waals surface area contributed by atoms with E-state index in [4.69, 9.17) is 10.2 Å². The highest BCUT2D eigenvalue weighted by Crippen LogP contribution is 2.10. The number of hydrogen-bond acceptors (Lipinski definition) is 6. The van der Waals surface area contributed by atoms with Gasteiger partial charge in [-0.2, -0.15) is 0 Å². The van der Waals surface area contributed by atoms with Crippen molar-refractivity contribution in [2.45, 2.75) is 79.7 Å². The third kappa shape index (κ3) is 10.4. The first-order valence-electron chi connectivity index (χ1n) is 8.18. The number of ether oxygens (including phenoxy) is 2. The maximum Gasteiger partial charge on any atom is 0.426 e. The van der Waals surface area contributed by atoms with Crippen molar-refractivity contribution >= 4 is 24.1 Å². The molecule has 0 rings (SSSR count). The second kappa shape index (κ2) is 11.9. The molecule has 0 saturated heterocycles. The van der Waals surface area contributed by atoms with Gasteiger partial charge in [0.15, 0.2) is 0 Å². The lowest BCUT2D eigenvalue weighted by Crippen LogP contribution is -2.55. The van der Waals surface area contributed by atoms with Crippen molar-refractivity contribution in [2.24, 2.45) is 0 Å². The fraction of sp³-hybridized carbons (Fsp3) is 0.750. The minimum Gasteiger partial charge on any atom is -0.464 e. The number of carboxylic acid groups (broad SMARTS) is 2. The van der Waals surface area contributed by atoms with E-state index in [9.17, 15) is 19.2 Å². The van der Waals surface area contributed by atoms with E-state index in [1.807, 2.05) is 0 Å². The highest BCUT2D eigenvalue weighted by Gasteiger charge is 2.29. The Kier molecular flexibility index (Phi) is 11.8. The van der Waals surface area contributed by atoms with Crippen LogP contribution in [-0.4, -0.2) is 68.6 Å². The maximum absolute atomic E-state index is 10.8. The van der Waals surface area contributed by atoms with Gasteiger partial charge in [-0.3, -0.25) is 0 Å². The molecule has 2 N–H and O–H groups in total. The van der Waals surface area contributed by atoms with E-state index in [-0.39, 0.29) is 12.2 Å². The molecule has 2 amide bonds. The van der Waals surface area contributed by atoms with Crippen LogP contribution in [0.5, 0.6) is 0 Å². The SMILES string of the molecule is CC(C)N(C(=O)O)N(C(=O)O)C(C)C.CC(C)OC(=O)C(=O)OC(C)C. The summed E-state index contributed by atoms with van der Waals surface area (Å²) in [5.41, 5.74) is 0. The Morgan fingerprint density at radius 2 is 0.846 bits per heavy atom. The standard InChI is InChI=1S/C8H16N2O4.C8H14O4/c1-5(2)9(7(11)12)10(6(3)4)8(13)14;1-5(2)11-7(9)8(10)12-6(3)4/h5-6H,1-4H3,(H,11,12)(H,13,14);5-6H,1-4H3. The van der Waals surface area contributed by atoms with Crippen LogP contribution in [0.3, 0.4) is 0 Å². The summed E-state index contributed by atoms with van der Waals surface area (Å²) in [5, 5.41) is 19.3. The average molecular weight is 378 g/mol. The molecule has 0 atom stereocenters. The zero-order valence-corrected chi connectivity index (χ0v) is 16.5. The number of esters is 2. The fourth-order valence-electron chi connectivity index (χ4n) is 1.65. The maximum atomic E-state index is 10.8. The second-order valence-electron chi connectivity index (χ2n) is 6.35. The van der Waals surface area contributed by atoms with E-state index >= 15 is 0 Å². The smallest absolute Gasteiger partial charge is 0.426 e. The van der Waals surface area contributed by atoms with Gasteiger partial charge in [-0.1, -0.05) is 0 Å². The Balaban J connectivity index is 0. The first-order chi connectivity index (χ1) is 11.7. The molecule has 0 aromatic rings. The number of carbonyl (C=O) groups excluding carboxylic acids is 2. The third-order valence-electron chi connectivity index (χ3n) is 2.45. The highest BCUT2D eigenvalue weighted by atomic mass is 16.6. The molecule has 0 aliphatic rings. The van der Waals surface area contributed by atoms with Crippen LogP contribution in [0.15, 0.2) is 0 Å². The number of rotatable bonds is 4. The second-order valence-corrected chi connectivity index (χ2v) is 6.35. The Morgan fingerprint density at radius 1 is 0.615 bits per heavy atom. The number of amides is 2. The van der Waals surface area contributed by atoms with Crippen molar-refractivity contribution < 1.29 is 38.9 Å². The summed E-state index contributed by atoms with van der Waals surface area (Å²) in [6, 6.07) is -0.822. The van der Waals surface area contributed by atoms with Crippen molar-refractivity contribution in [3.8, 4) is 0 Å². The molecular formula is C16H30N2O8. The van der Waals surface area contributed by atoms with E-state index in [2.05, 4.69) is 9.47 Å². The van der Waals surface area contributed by atoms with Crippen molar-refractivity contribution in [2.75, 3.05) is 0 Å². The first kappa shape index (κ1) is 25.7. The predicted octanol–water partition coefficient (Wildman–Crippen LogP) is 2.57. The highest BCUT2D eigenvalue weighted by molar-refractivity contribution is 6.29. The molecule has 0 aromatic carbocycles. The molecule has 10 heteroatoms. The van der Waals surface area contributed by atoms with Crippen LogP contribution in [-0.2, 0) is 19.1 Å². The molecule has 0 saturated carbocycles. The van der Waals surface area contributed by atoms with Gasteiger partial charge < -0.3 is 19.7 Å². The summed E-state index contributed by atoms with van der Waals surface area (Å²) in [5.74, 6) is -1.86. The summed E-state index contributed by atoms with van der Waals surface area (Å²) >= 11 is 0. The molecule has 0 heterocycles. The van der Waals surface area contributed by atoms with Crippen molar-refractivity contribution in [3.63, 3.8) is 0 Å². The molecule has 10 nitrogen and oxygen atoms in total. The summed E-state index contributed by atoms with van der Waals surface area (Å²) in [6.07, 6.45) is -3.12. The number of nitrogens with zero attached hydrogens (tertiary/aromatic N) is 2. The van der Waals surface area contributed by atoms with Crippen LogP contribution in [0, 0.1) is 0 Å². The largest absolute Gasteiger partial charge is 0.464 e. The van der Waals surface area contributed by atoms with Crippen LogP contribution < -0.4 is 0 Å². The van der Waals surface area contributed by atoms with Gasteiger partial charge in [0.1, 0.15) is 0 Å². The van der Waals surface area contributed by atoms with Gasteiger partial charge in [0.05, 0.1) is 24.3 Å². The molecule has 152 valence electrons. The van der Waals surface area contributed by atoms with Crippen LogP contribution >= 0.6 is 0 Å². The lowest BCUT2D eigenvalue weighted by molar-refractivity contribution is -0.172. The zero-order valence-electron chi connectivity index (χ0n) is 16.5. The predicted molar refractivity (Wildman–Crippen MR) is 92.5 cm³/mol. The van der Waals surface area contributed by atoms with Crippen molar-refractivity contribution in [1.82, 2.24) is 10.0 Å². The molecule has 0 aliphatic carbocycles. The van der Waals surface area contributed by atoms with Gasteiger partial charge in [0.2, 0.25) is 0 Å². The molecule has 0 fully saturated rings. The van der Waals surface area contributed by atoms with E-state index in [0.717, 1.165) is 10.0 Å². The molecule has 0 bridgehead atoms. The van der Waals surface area contributed by atoms with E-state index in [0.29, 0.717) is 0 Å². The molecule has 26 heavy (non-hydrogen) atoms. The Morgan fingerprint density at radius 3 is 0.962 bits per heavy atom. The van der Waals surface area contributed by atoms with Gasteiger partial charge in [-0.05, 0) is 55.4 Å². The topological polar surface area (TPSA) is 134 Å². The number of carbonyl (C=O) groups is 4. The van der Waals surface area contributed by atoms with Gasteiger partial charge >= 0.3 is 24.1 Å². The number of hydrazine groups is 1. The van der Waals surface area contributed by atoms with E-state index in [1.54, 1.807) is 55.4 Å². The summed E-state index contributed by atoms with van der Waals surface area (Å²) in [6.45, 7) is 13.1. The average Bonchev–Trinajstić information content (AvgIpc) is 2.41. The zero-order chi connectivity index (χ0) is 21.2. The van der Waals surface area contributed by atoms with Crippen molar-refractivity contribution in [3.05, 3.63) is 0 Å². The fourth-order valence-corrected chi connectivity index (χ4v) is 1.65. The minimum absolute atomic E-state index is 0.294. The monoisotopic (exact) mass is 378 g/mol. The van der Waals surface area contributed by atoms with Crippen molar-refractivity contribution in [1.29, 1.82) is 0 Å². The first-order valence-corrected chi connectivity index (χ1v) is 8.18. The van der Waals surface area contributed by atoms with E-state index < -0.39 is 36.2 Å². The Labute approximate surface area is 153 Å². The minimum atomic E-state index is -1.27. The van der Waals surface area contributed by atoms with Crippen LogP contribution in [0.1, 0.15) is 55.4 Å². The number of hydrogen-bond donors (Lipinski definition) is 2. The van der Waals surface area contributed by atoms with Gasteiger partial charge in [-0.25, -0.2) is 29.2 Å². The Bertz CT molecular complexity index is 445. The van der Waals surface area contributed by atoms with Gasteiger partial charge in [0, 0.05) is 0 Å². The quantitative estimate of drug-likeness (QED) is 0.433. The molecule has 0 unspecified atom stereocenters. The van der Waals surface area contributed by atoms with Gasteiger partial charge in [-0.15, -0.1) is 0 Å². The lowest BCUT2D eigenvalue weighted by atomic mass is 10.3. The summed E-state index contributed by atoms with van der Waals surface area (Å²) < 4.78 is 9.20. The molecular weight excluding hydrogens is 348 g/mol. The van der Waals surface area contributed by atoms with Crippen LogP contribution in [0.25, 0.3) is 0 Å². The Hall–Kier alpha value is -2.52. The normalized spacial score (nSPS) is 10.3. The summed E-state index contributed by atoms with van der Waals surface area (Å²) in [4.78, 5) is 43.2. The lowest BCUT2D eigenvalue weighted by Gasteiger charge is -2.35.